The van der Waals surface area contributed by atoms with Gasteiger partial charge in [-0.2, -0.15) is 0 Å². The first-order valence-corrected chi connectivity index (χ1v) is 9.49. The van der Waals surface area contributed by atoms with Gasteiger partial charge in [0.1, 0.15) is 12.4 Å². The lowest BCUT2D eigenvalue weighted by Gasteiger charge is -2.19. The number of carbonyl (C=O) groups is 1. The Bertz CT molecular complexity index is 590. The number of nitrogens with one attached hydrogen (secondary N) is 1. The molecule has 6 heteroatoms. The smallest absolute Gasteiger partial charge is 0.223 e. The van der Waals surface area contributed by atoms with Crippen molar-refractivity contribution in [1.29, 1.82) is 0 Å². The predicted octanol–water partition coefficient (Wildman–Crippen LogP) is 2.97. The van der Waals surface area contributed by atoms with E-state index in [9.17, 15) is 4.79 Å². The quantitative estimate of drug-likeness (QED) is 0.760. The van der Waals surface area contributed by atoms with Gasteiger partial charge in [0.05, 0.1) is 6.10 Å². The van der Waals surface area contributed by atoms with Crippen molar-refractivity contribution in [3.05, 3.63) is 29.3 Å². The van der Waals surface area contributed by atoms with Crippen LogP contribution in [0.15, 0.2) is 18.2 Å². The number of hydrogen-bond donors (Lipinski definition) is 2. The van der Waals surface area contributed by atoms with Gasteiger partial charge in [-0.1, -0.05) is 18.6 Å². The minimum atomic E-state index is 0. The Hall–Kier alpha value is -1.30. The van der Waals surface area contributed by atoms with E-state index >= 15 is 0 Å². The highest BCUT2D eigenvalue weighted by atomic mass is 35.5. The highest BCUT2D eigenvalue weighted by Gasteiger charge is 2.31. The van der Waals surface area contributed by atoms with Crippen LogP contribution in [0.2, 0.25) is 0 Å². The van der Waals surface area contributed by atoms with Gasteiger partial charge >= 0.3 is 0 Å². The van der Waals surface area contributed by atoms with Crippen LogP contribution in [0.25, 0.3) is 0 Å². The third-order valence-corrected chi connectivity index (χ3v) is 5.42. The monoisotopic (exact) mass is 382 g/mol. The first kappa shape index (κ1) is 21.0. The second-order valence-corrected chi connectivity index (χ2v) is 7.31. The number of aryl methyl sites for hydroxylation is 1. The van der Waals surface area contributed by atoms with Crippen LogP contribution in [-0.2, 0) is 16.1 Å². The molecular formula is C20H31ClN2O3. The maximum absolute atomic E-state index is 12.5. The molecule has 1 aromatic carbocycles. The van der Waals surface area contributed by atoms with E-state index in [-0.39, 0.29) is 30.3 Å². The van der Waals surface area contributed by atoms with Gasteiger partial charge in [0.25, 0.3) is 0 Å². The van der Waals surface area contributed by atoms with Crippen molar-refractivity contribution >= 4 is 18.3 Å². The minimum absolute atomic E-state index is 0. The molecule has 0 bridgehead atoms. The fraction of sp³-hybridized carbons (Fsp3) is 0.650. The molecule has 1 aliphatic heterocycles. The molecule has 1 unspecified atom stereocenters. The average Bonchev–Trinajstić information content (AvgIpc) is 3.30. The van der Waals surface area contributed by atoms with Gasteiger partial charge in [0, 0.05) is 24.6 Å². The Kier molecular flexibility index (Phi) is 8.19. The normalized spacial score (nSPS) is 24.9. The number of ether oxygens (including phenoxy) is 2. The van der Waals surface area contributed by atoms with Crippen molar-refractivity contribution in [2.24, 2.45) is 17.6 Å². The van der Waals surface area contributed by atoms with Gasteiger partial charge in [-0.3, -0.25) is 4.79 Å². The average molecular weight is 383 g/mol. The highest BCUT2D eigenvalue weighted by Crippen LogP contribution is 2.31. The standard InChI is InChI=1S/C20H30N2O3.ClH/c1-14-7-8-16(19(10-14)25-13-17-5-3-9-24-17)12-22-20(23)18-6-2-4-15(18)11-21;/h7-8,10,15,17-18H,2-6,9,11-13,21H2,1H3,(H,22,23);1H/t15-,17?,18-;/m1./s1. The molecule has 2 aliphatic rings. The molecule has 1 saturated carbocycles. The van der Waals surface area contributed by atoms with Gasteiger partial charge in [-0.15, -0.1) is 12.4 Å². The van der Waals surface area contributed by atoms with Crippen LogP contribution in [-0.4, -0.2) is 31.8 Å². The third-order valence-electron chi connectivity index (χ3n) is 5.42. The lowest BCUT2D eigenvalue weighted by molar-refractivity contribution is -0.126. The van der Waals surface area contributed by atoms with Gasteiger partial charge < -0.3 is 20.5 Å². The van der Waals surface area contributed by atoms with Crippen LogP contribution >= 0.6 is 12.4 Å². The lowest BCUT2D eigenvalue weighted by atomic mass is 9.95. The molecule has 1 aromatic rings. The molecule has 1 saturated heterocycles. The molecule has 26 heavy (non-hydrogen) atoms. The van der Waals surface area contributed by atoms with Gasteiger partial charge in [-0.05, 0) is 56.7 Å². The van der Waals surface area contributed by atoms with E-state index in [1.54, 1.807) is 0 Å². The number of halogens is 1. The van der Waals surface area contributed by atoms with E-state index in [0.29, 0.717) is 25.6 Å². The summed E-state index contributed by atoms with van der Waals surface area (Å²) in [7, 11) is 0. The summed E-state index contributed by atoms with van der Waals surface area (Å²) in [5.41, 5.74) is 7.96. The number of rotatable bonds is 7. The van der Waals surface area contributed by atoms with E-state index in [1.165, 1.54) is 0 Å². The molecule has 0 spiro atoms. The van der Waals surface area contributed by atoms with Crippen LogP contribution in [0.3, 0.4) is 0 Å². The Labute approximate surface area is 162 Å². The lowest BCUT2D eigenvalue weighted by Crippen LogP contribution is -2.34. The molecule has 1 amide bonds. The zero-order valence-corrected chi connectivity index (χ0v) is 16.4. The van der Waals surface area contributed by atoms with Crippen molar-refractivity contribution in [1.82, 2.24) is 5.32 Å². The van der Waals surface area contributed by atoms with Gasteiger partial charge in [-0.25, -0.2) is 0 Å². The largest absolute Gasteiger partial charge is 0.491 e. The Morgan fingerprint density at radius 3 is 2.88 bits per heavy atom. The van der Waals surface area contributed by atoms with Gasteiger partial charge in [0.2, 0.25) is 5.91 Å². The van der Waals surface area contributed by atoms with Crippen LogP contribution in [0, 0.1) is 18.8 Å². The Balaban J connectivity index is 0.00000243. The molecule has 0 aromatic heterocycles. The maximum atomic E-state index is 12.5. The summed E-state index contributed by atoms with van der Waals surface area (Å²) in [5.74, 6) is 1.36. The number of nitrogens with two attached hydrogens (primary N) is 1. The molecule has 3 rings (SSSR count). The number of amides is 1. The predicted molar refractivity (Wildman–Crippen MR) is 105 cm³/mol. The summed E-state index contributed by atoms with van der Waals surface area (Å²) >= 11 is 0. The zero-order valence-electron chi connectivity index (χ0n) is 15.5. The van der Waals surface area contributed by atoms with E-state index in [2.05, 4.69) is 11.4 Å². The SMILES string of the molecule is Cc1ccc(CNC(=O)[C@@H]2CCC[C@@H]2CN)c(OCC2CCCO2)c1.Cl. The van der Waals surface area contributed by atoms with Crippen LogP contribution in [0.5, 0.6) is 5.75 Å². The number of hydrogen-bond acceptors (Lipinski definition) is 4. The molecule has 0 radical (unpaired) electrons. The second kappa shape index (κ2) is 10.1. The highest BCUT2D eigenvalue weighted by molar-refractivity contribution is 5.85. The number of benzene rings is 1. The van der Waals surface area contributed by atoms with E-state index in [0.717, 1.165) is 55.6 Å². The topological polar surface area (TPSA) is 73.6 Å². The molecule has 146 valence electrons. The Morgan fingerprint density at radius 1 is 1.31 bits per heavy atom. The van der Waals surface area contributed by atoms with E-state index in [1.807, 2.05) is 19.1 Å². The summed E-state index contributed by atoms with van der Waals surface area (Å²) in [5, 5.41) is 3.09. The fourth-order valence-corrected chi connectivity index (χ4v) is 3.88. The maximum Gasteiger partial charge on any atom is 0.223 e. The summed E-state index contributed by atoms with van der Waals surface area (Å²) in [6.45, 7) is 4.54. The first-order chi connectivity index (χ1) is 12.2. The van der Waals surface area contributed by atoms with Crippen LogP contribution in [0.4, 0.5) is 0 Å². The molecule has 1 aliphatic carbocycles. The first-order valence-electron chi connectivity index (χ1n) is 9.49. The zero-order chi connectivity index (χ0) is 17.6. The number of carbonyl (C=O) groups excluding carboxylic acids is 1. The van der Waals surface area contributed by atoms with E-state index in [4.69, 9.17) is 15.2 Å². The van der Waals surface area contributed by atoms with Crippen molar-refractivity contribution in [2.75, 3.05) is 19.8 Å². The molecule has 2 fully saturated rings. The molecule has 1 heterocycles. The fourth-order valence-electron chi connectivity index (χ4n) is 3.88. The molecule has 3 N–H and O–H groups in total. The summed E-state index contributed by atoms with van der Waals surface area (Å²) < 4.78 is 11.6. The van der Waals surface area contributed by atoms with Crippen LogP contribution < -0.4 is 15.8 Å². The summed E-state index contributed by atoms with van der Waals surface area (Å²) in [4.78, 5) is 12.5. The molecule has 5 nitrogen and oxygen atoms in total. The molecular weight excluding hydrogens is 352 g/mol. The summed E-state index contributed by atoms with van der Waals surface area (Å²) in [6.07, 6.45) is 5.46. The summed E-state index contributed by atoms with van der Waals surface area (Å²) in [6, 6.07) is 6.13. The second-order valence-electron chi connectivity index (χ2n) is 7.31. The minimum Gasteiger partial charge on any atom is -0.491 e. The van der Waals surface area contributed by atoms with Crippen LogP contribution in [0.1, 0.15) is 43.2 Å². The van der Waals surface area contributed by atoms with Gasteiger partial charge in [0.15, 0.2) is 0 Å². The van der Waals surface area contributed by atoms with Crippen molar-refractivity contribution in [2.45, 2.75) is 51.7 Å². The Morgan fingerprint density at radius 2 is 2.15 bits per heavy atom. The third kappa shape index (κ3) is 5.35. The van der Waals surface area contributed by atoms with Crippen molar-refractivity contribution in [3.63, 3.8) is 0 Å². The van der Waals surface area contributed by atoms with E-state index < -0.39 is 0 Å². The van der Waals surface area contributed by atoms with Crippen molar-refractivity contribution < 1.29 is 14.3 Å². The molecule has 3 atom stereocenters. The van der Waals surface area contributed by atoms with Crippen molar-refractivity contribution in [3.8, 4) is 5.75 Å².